The number of nitrogen functional groups attached to an aromatic ring is 1. The number of aliphatic hydroxyl groups is 1. The molecule has 3 heterocycles. The molecule has 1 aliphatic rings. The van der Waals surface area contributed by atoms with Crippen molar-refractivity contribution in [2.75, 3.05) is 17.2 Å². The smallest absolute Gasteiger partial charge is 0.229 e. The maximum atomic E-state index is 13.6. The summed E-state index contributed by atoms with van der Waals surface area (Å²) >= 11 is 0. The maximum Gasteiger partial charge on any atom is 0.229 e. The molecule has 0 amide bonds. The Hall–Kier alpha value is -2.81. The van der Waals surface area contributed by atoms with Crippen LogP contribution in [0.4, 0.5) is 20.5 Å². The first kappa shape index (κ1) is 15.7. The first-order chi connectivity index (χ1) is 11.9. The van der Waals surface area contributed by atoms with Crippen molar-refractivity contribution in [1.82, 2.24) is 19.7 Å². The summed E-state index contributed by atoms with van der Waals surface area (Å²) in [5.74, 6) is -1.24. The van der Waals surface area contributed by atoms with Gasteiger partial charge in [-0.05, 0) is 24.1 Å². The minimum Gasteiger partial charge on any atom is -0.391 e. The number of aliphatic hydroxyl groups excluding tert-OH is 1. The van der Waals surface area contributed by atoms with E-state index in [9.17, 15) is 13.9 Å². The van der Waals surface area contributed by atoms with Crippen molar-refractivity contribution >= 4 is 22.8 Å². The summed E-state index contributed by atoms with van der Waals surface area (Å²) in [6.07, 6.45) is 1.31. The molecule has 1 aliphatic heterocycles. The molecule has 3 N–H and O–H groups in total. The van der Waals surface area contributed by atoms with Gasteiger partial charge in [0.05, 0.1) is 23.7 Å². The maximum absolute atomic E-state index is 13.6. The van der Waals surface area contributed by atoms with Crippen molar-refractivity contribution in [3.8, 4) is 0 Å². The van der Waals surface area contributed by atoms with E-state index in [-0.39, 0.29) is 18.4 Å². The molecule has 2 atom stereocenters. The predicted octanol–water partition coefficient (Wildman–Crippen LogP) is 1.54. The fourth-order valence-electron chi connectivity index (χ4n) is 3.23. The van der Waals surface area contributed by atoms with Crippen molar-refractivity contribution in [3.63, 3.8) is 0 Å². The fourth-order valence-corrected chi connectivity index (χ4v) is 3.23. The molecule has 0 bridgehead atoms. The van der Waals surface area contributed by atoms with Crippen LogP contribution in [-0.4, -0.2) is 37.5 Å². The van der Waals surface area contributed by atoms with E-state index < -0.39 is 17.7 Å². The number of aromatic nitrogens is 4. The molecule has 1 fully saturated rings. The summed E-state index contributed by atoms with van der Waals surface area (Å²) in [7, 11) is 1.74. The van der Waals surface area contributed by atoms with Gasteiger partial charge in [-0.25, -0.2) is 8.78 Å². The quantitative estimate of drug-likeness (QED) is 0.731. The van der Waals surface area contributed by atoms with Gasteiger partial charge in [0.15, 0.2) is 17.3 Å². The molecule has 2 unspecified atom stereocenters. The molecule has 1 aromatic carbocycles. The number of anilines is 2. The van der Waals surface area contributed by atoms with E-state index in [1.54, 1.807) is 22.8 Å². The van der Waals surface area contributed by atoms with Gasteiger partial charge in [0.25, 0.3) is 0 Å². The van der Waals surface area contributed by atoms with Crippen LogP contribution in [0.25, 0.3) is 11.0 Å². The highest BCUT2D eigenvalue weighted by atomic mass is 19.2. The number of hydrogen-bond acceptors (Lipinski definition) is 6. The fraction of sp³-hybridized carbons (Fsp3) is 0.312. The van der Waals surface area contributed by atoms with E-state index in [0.29, 0.717) is 29.0 Å². The Kier molecular flexibility index (Phi) is 3.53. The highest BCUT2D eigenvalue weighted by Gasteiger charge is 2.34. The summed E-state index contributed by atoms with van der Waals surface area (Å²) in [6, 6.07) is 3.33. The zero-order chi connectivity index (χ0) is 17.7. The van der Waals surface area contributed by atoms with E-state index in [2.05, 4.69) is 15.1 Å². The van der Waals surface area contributed by atoms with Gasteiger partial charge in [-0.3, -0.25) is 4.68 Å². The summed E-state index contributed by atoms with van der Waals surface area (Å²) in [5.41, 5.74) is 7.10. The standard InChI is InChI=1S/C16H16F2N6O/c1-23-15-10(6-20-23)14(19)21-16(22-15)24-7-9(25)5-13(24)8-2-3-11(17)12(18)4-8/h2-4,6,9,13,25H,5,7H2,1H3,(H2,19,21,22). The number of hydrogen-bond donors (Lipinski definition) is 2. The second-order valence-corrected chi connectivity index (χ2v) is 6.15. The molecule has 0 aliphatic carbocycles. The lowest BCUT2D eigenvalue weighted by atomic mass is 10.0. The second kappa shape index (κ2) is 5.62. The summed E-state index contributed by atoms with van der Waals surface area (Å²) < 4.78 is 28.4. The monoisotopic (exact) mass is 346 g/mol. The van der Waals surface area contributed by atoms with Gasteiger partial charge in [-0.1, -0.05) is 6.07 Å². The molecular weight excluding hydrogens is 330 g/mol. The summed E-state index contributed by atoms with van der Waals surface area (Å²) in [6.45, 7) is 0.270. The second-order valence-electron chi connectivity index (χ2n) is 6.15. The topological polar surface area (TPSA) is 93.1 Å². The van der Waals surface area contributed by atoms with Gasteiger partial charge >= 0.3 is 0 Å². The highest BCUT2D eigenvalue weighted by molar-refractivity contribution is 5.86. The van der Waals surface area contributed by atoms with Crippen molar-refractivity contribution < 1.29 is 13.9 Å². The molecular formula is C16H16F2N6O. The van der Waals surface area contributed by atoms with Crippen LogP contribution in [-0.2, 0) is 7.05 Å². The zero-order valence-electron chi connectivity index (χ0n) is 13.4. The van der Waals surface area contributed by atoms with E-state index in [1.807, 2.05) is 0 Å². The average molecular weight is 346 g/mol. The van der Waals surface area contributed by atoms with Crippen LogP contribution in [0.3, 0.4) is 0 Å². The van der Waals surface area contributed by atoms with Crippen molar-refractivity contribution in [3.05, 3.63) is 41.6 Å². The number of β-amino-alcohol motifs (C(OH)–C–C–N with tert-alkyl or cyclic N) is 1. The molecule has 4 rings (SSSR count). The van der Waals surface area contributed by atoms with Crippen LogP contribution in [0.5, 0.6) is 0 Å². The number of nitrogens with zero attached hydrogens (tertiary/aromatic N) is 5. The Morgan fingerprint density at radius 3 is 2.80 bits per heavy atom. The van der Waals surface area contributed by atoms with E-state index in [1.165, 1.54) is 6.07 Å². The van der Waals surface area contributed by atoms with Crippen LogP contribution < -0.4 is 10.6 Å². The first-order valence-corrected chi connectivity index (χ1v) is 7.79. The lowest BCUT2D eigenvalue weighted by molar-refractivity contribution is 0.194. The Morgan fingerprint density at radius 1 is 1.24 bits per heavy atom. The minimum atomic E-state index is -0.929. The largest absolute Gasteiger partial charge is 0.391 e. The van der Waals surface area contributed by atoms with E-state index in [4.69, 9.17) is 5.73 Å². The highest BCUT2D eigenvalue weighted by Crippen LogP contribution is 2.36. The Bertz CT molecular complexity index is 959. The Morgan fingerprint density at radius 2 is 2.04 bits per heavy atom. The van der Waals surface area contributed by atoms with Crippen LogP contribution in [0.15, 0.2) is 24.4 Å². The van der Waals surface area contributed by atoms with Gasteiger partial charge < -0.3 is 15.7 Å². The molecule has 0 spiro atoms. The normalized spacial score (nSPS) is 20.6. The third kappa shape index (κ3) is 2.56. The first-order valence-electron chi connectivity index (χ1n) is 7.79. The number of halogens is 2. The lowest BCUT2D eigenvalue weighted by Gasteiger charge is -2.25. The molecule has 2 aromatic heterocycles. The van der Waals surface area contributed by atoms with Gasteiger partial charge in [0.1, 0.15) is 5.82 Å². The SMILES string of the molecule is Cn1ncc2c(N)nc(N3CC(O)CC3c3ccc(F)c(F)c3)nc21. The Labute approximate surface area is 141 Å². The van der Waals surface area contributed by atoms with Crippen LogP contribution in [0, 0.1) is 11.6 Å². The molecule has 0 saturated carbocycles. The number of rotatable bonds is 2. The molecule has 7 nitrogen and oxygen atoms in total. The molecule has 1 saturated heterocycles. The van der Waals surface area contributed by atoms with Crippen LogP contribution in [0.1, 0.15) is 18.0 Å². The molecule has 130 valence electrons. The zero-order valence-corrected chi connectivity index (χ0v) is 13.4. The van der Waals surface area contributed by atoms with E-state index in [0.717, 1.165) is 12.1 Å². The lowest BCUT2D eigenvalue weighted by Crippen LogP contribution is -2.26. The summed E-state index contributed by atoms with van der Waals surface area (Å²) in [5, 5.41) is 14.8. The number of fused-ring (bicyclic) bond motifs is 1. The molecule has 3 aromatic rings. The van der Waals surface area contributed by atoms with Crippen molar-refractivity contribution in [1.29, 1.82) is 0 Å². The molecule has 9 heteroatoms. The third-order valence-corrected chi connectivity index (χ3v) is 4.47. The van der Waals surface area contributed by atoms with Gasteiger partial charge in [0, 0.05) is 13.6 Å². The Balaban J connectivity index is 1.79. The van der Waals surface area contributed by atoms with Gasteiger partial charge in [-0.15, -0.1) is 0 Å². The van der Waals surface area contributed by atoms with Crippen molar-refractivity contribution in [2.45, 2.75) is 18.6 Å². The van der Waals surface area contributed by atoms with Gasteiger partial charge in [-0.2, -0.15) is 15.1 Å². The van der Waals surface area contributed by atoms with Crippen LogP contribution >= 0.6 is 0 Å². The van der Waals surface area contributed by atoms with E-state index >= 15 is 0 Å². The molecule has 25 heavy (non-hydrogen) atoms. The summed E-state index contributed by atoms with van der Waals surface area (Å²) in [4.78, 5) is 10.5. The molecule has 0 radical (unpaired) electrons. The third-order valence-electron chi connectivity index (χ3n) is 4.47. The number of nitrogens with two attached hydrogens (primary N) is 1. The van der Waals surface area contributed by atoms with Crippen molar-refractivity contribution in [2.24, 2.45) is 7.05 Å². The van der Waals surface area contributed by atoms with Crippen LogP contribution in [0.2, 0.25) is 0 Å². The average Bonchev–Trinajstić information content (AvgIpc) is 3.14. The number of benzene rings is 1. The predicted molar refractivity (Wildman–Crippen MR) is 87.8 cm³/mol. The minimum absolute atomic E-state index is 0.270. The van der Waals surface area contributed by atoms with Gasteiger partial charge in [0.2, 0.25) is 5.95 Å². The number of aryl methyl sites for hydroxylation is 1.